The first-order valence-electron chi connectivity index (χ1n) is 7.71. The number of carbonyl (C=O) groups is 1. The fourth-order valence-electron chi connectivity index (χ4n) is 3.27. The highest BCUT2D eigenvalue weighted by atomic mass is 16.5. The normalized spacial score (nSPS) is 18.8. The highest BCUT2D eigenvalue weighted by molar-refractivity contribution is 5.84. The van der Waals surface area contributed by atoms with Crippen LogP contribution in [0.15, 0.2) is 10.7 Å². The third-order valence-corrected chi connectivity index (χ3v) is 4.37. The van der Waals surface area contributed by atoms with Gasteiger partial charge in [0.15, 0.2) is 0 Å². The van der Waals surface area contributed by atoms with Crippen molar-refractivity contribution in [2.75, 3.05) is 0 Å². The monoisotopic (exact) mass is 302 g/mol. The van der Waals surface area contributed by atoms with Gasteiger partial charge in [-0.2, -0.15) is 0 Å². The Morgan fingerprint density at radius 1 is 1.45 bits per heavy atom. The molecule has 3 heterocycles. The second-order valence-corrected chi connectivity index (χ2v) is 6.15. The maximum Gasteiger partial charge on any atom is 0.227 e. The highest BCUT2D eigenvalue weighted by Crippen LogP contribution is 2.24. The minimum atomic E-state index is -0.253. The van der Waals surface area contributed by atoms with Gasteiger partial charge in [-0.05, 0) is 34.1 Å². The van der Waals surface area contributed by atoms with E-state index in [-0.39, 0.29) is 17.9 Å². The van der Waals surface area contributed by atoms with Gasteiger partial charge in [0.2, 0.25) is 5.91 Å². The first-order valence-corrected chi connectivity index (χ1v) is 7.71. The lowest BCUT2D eigenvalue weighted by molar-refractivity contribution is -0.123. The zero-order valence-corrected chi connectivity index (χ0v) is 13.5. The van der Waals surface area contributed by atoms with Crippen LogP contribution < -0.4 is 5.32 Å². The second kappa shape index (κ2) is 5.59. The molecule has 1 N–H and O–H groups in total. The first-order chi connectivity index (χ1) is 10.5. The summed E-state index contributed by atoms with van der Waals surface area (Å²) in [5, 5.41) is 7.09. The number of carbonyl (C=O) groups excluding carboxylic acids is 1. The molecule has 0 aliphatic carbocycles. The van der Waals surface area contributed by atoms with Gasteiger partial charge in [0, 0.05) is 30.8 Å². The molecule has 22 heavy (non-hydrogen) atoms. The van der Waals surface area contributed by atoms with Crippen molar-refractivity contribution in [1.82, 2.24) is 20.0 Å². The Hall–Kier alpha value is -2.11. The minimum absolute atomic E-state index is 0.0275. The number of rotatable bonds is 3. The Morgan fingerprint density at radius 3 is 2.91 bits per heavy atom. The van der Waals surface area contributed by atoms with Crippen LogP contribution in [0.5, 0.6) is 0 Å². The summed E-state index contributed by atoms with van der Waals surface area (Å²) in [5.74, 6) is 1.61. The van der Waals surface area contributed by atoms with Crippen molar-refractivity contribution in [2.24, 2.45) is 0 Å². The third-order valence-electron chi connectivity index (χ3n) is 4.37. The molecule has 0 radical (unpaired) electrons. The van der Waals surface area contributed by atoms with E-state index in [1.165, 1.54) is 0 Å². The zero-order valence-electron chi connectivity index (χ0n) is 13.5. The summed E-state index contributed by atoms with van der Waals surface area (Å²) >= 11 is 0. The SMILES string of the molecule is Cc1cn2c(n1)CC[C@H](NC(=O)[C@H](C)c1c(C)noc1C)C2. The van der Waals surface area contributed by atoms with Gasteiger partial charge in [0.1, 0.15) is 11.6 Å². The summed E-state index contributed by atoms with van der Waals surface area (Å²) in [6, 6.07) is 0.150. The van der Waals surface area contributed by atoms with Crippen molar-refractivity contribution >= 4 is 5.91 Å². The van der Waals surface area contributed by atoms with Crippen LogP contribution >= 0.6 is 0 Å². The molecule has 2 aromatic rings. The largest absolute Gasteiger partial charge is 0.361 e. The predicted octanol–water partition coefficient (Wildman–Crippen LogP) is 2.03. The zero-order chi connectivity index (χ0) is 15.9. The molecule has 0 saturated carbocycles. The lowest BCUT2D eigenvalue weighted by Crippen LogP contribution is -2.42. The van der Waals surface area contributed by atoms with Crippen LogP contribution in [0.25, 0.3) is 0 Å². The number of aryl methyl sites for hydroxylation is 4. The molecule has 0 bridgehead atoms. The van der Waals surface area contributed by atoms with E-state index < -0.39 is 0 Å². The minimum Gasteiger partial charge on any atom is -0.361 e. The molecule has 1 aliphatic rings. The Bertz CT molecular complexity index is 682. The van der Waals surface area contributed by atoms with E-state index in [4.69, 9.17) is 4.52 Å². The van der Waals surface area contributed by atoms with Crippen LogP contribution in [0.2, 0.25) is 0 Å². The van der Waals surface area contributed by atoms with Gasteiger partial charge >= 0.3 is 0 Å². The number of imidazole rings is 1. The van der Waals surface area contributed by atoms with E-state index in [0.717, 1.165) is 47.9 Å². The Balaban J connectivity index is 1.68. The van der Waals surface area contributed by atoms with Crippen LogP contribution in [0.1, 0.15) is 47.8 Å². The standard InChI is InChI=1S/C16H22N4O2/c1-9-7-20-8-13(5-6-14(20)17-9)18-16(21)10(2)15-11(3)19-22-12(15)4/h7,10,13H,5-6,8H2,1-4H3,(H,18,21)/t10-,13+/m1/s1. The molecule has 2 atom stereocenters. The lowest BCUT2D eigenvalue weighted by atomic mass is 9.97. The Labute approximate surface area is 129 Å². The Morgan fingerprint density at radius 2 is 2.23 bits per heavy atom. The average molecular weight is 302 g/mol. The van der Waals surface area contributed by atoms with Crippen molar-refractivity contribution in [2.45, 2.75) is 59.0 Å². The third kappa shape index (κ3) is 2.65. The summed E-state index contributed by atoms with van der Waals surface area (Å²) in [7, 11) is 0. The molecule has 0 unspecified atom stereocenters. The summed E-state index contributed by atoms with van der Waals surface area (Å²) in [6.07, 6.45) is 3.88. The number of nitrogens with zero attached hydrogens (tertiary/aromatic N) is 3. The van der Waals surface area contributed by atoms with Crippen LogP contribution in [0.4, 0.5) is 0 Å². The van der Waals surface area contributed by atoms with Gasteiger partial charge in [0.25, 0.3) is 0 Å². The predicted molar refractivity (Wildman–Crippen MR) is 81.6 cm³/mol. The average Bonchev–Trinajstić information content (AvgIpc) is 2.99. The summed E-state index contributed by atoms with van der Waals surface area (Å²) in [5.41, 5.74) is 2.72. The molecule has 118 valence electrons. The van der Waals surface area contributed by atoms with Crippen LogP contribution in [-0.2, 0) is 17.8 Å². The number of fused-ring (bicyclic) bond motifs is 1. The number of hydrogen-bond donors (Lipinski definition) is 1. The highest BCUT2D eigenvalue weighted by Gasteiger charge is 2.26. The van der Waals surface area contributed by atoms with E-state index in [9.17, 15) is 4.79 Å². The lowest BCUT2D eigenvalue weighted by Gasteiger charge is -2.26. The number of aromatic nitrogens is 3. The van der Waals surface area contributed by atoms with Crippen LogP contribution in [0, 0.1) is 20.8 Å². The van der Waals surface area contributed by atoms with Crippen molar-refractivity contribution in [3.63, 3.8) is 0 Å². The van der Waals surface area contributed by atoms with Crippen molar-refractivity contribution < 1.29 is 9.32 Å². The summed E-state index contributed by atoms with van der Waals surface area (Å²) in [6.45, 7) is 8.41. The van der Waals surface area contributed by atoms with E-state index in [2.05, 4.69) is 20.0 Å². The van der Waals surface area contributed by atoms with Gasteiger partial charge in [-0.3, -0.25) is 4.79 Å². The van der Waals surface area contributed by atoms with Gasteiger partial charge in [-0.15, -0.1) is 0 Å². The number of hydrogen-bond acceptors (Lipinski definition) is 4. The molecular formula is C16H22N4O2. The maximum absolute atomic E-state index is 12.5. The Kier molecular flexibility index (Phi) is 3.76. The smallest absolute Gasteiger partial charge is 0.227 e. The van der Waals surface area contributed by atoms with E-state index in [1.54, 1.807) is 0 Å². The molecular weight excluding hydrogens is 280 g/mol. The van der Waals surface area contributed by atoms with Gasteiger partial charge in [-0.1, -0.05) is 5.16 Å². The molecule has 6 heteroatoms. The maximum atomic E-state index is 12.5. The van der Waals surface area contributed by atoms with Crippen molar-refractivity contribution in [3.8, 4) is 0 Å². The fraction of sp³-hybridized carbons (Fsp3) is 0.562. The van der Waals surface area contributed by atoms with Crippen LogP contribution in [-0.4, -0.2) is 26.7 Å². The summed E-state index contributed by atoms with van der Waals surface area (Å²) in [4.78, 5) is 17.0. The molecule has 0 aromatic carbocycles. The molecule has 3 rings (SSSR count). The second-order valence-electron chi connectivity index (χ2n) is 6.15. The molecule has 1 amide bonds. The van der Waals surface area contributed by atoms with Gasteiger partial charge in [-0.25, -0.2) is 4.98 Å². The van der Waals surface area contributed by atoms with E-state index >= 15 is 0 Å². The number of nitrogens with one attached hydrogen (secondary N) is 1. The van der Waals surface area contributed by atoms with E-state index in [0.29, 0.717) is 0 Å². The van der Waals surface area contributed by atoms with Gasteiger partial charge < -0.3 is 14.4 Å². The van der Waals surface area contributed by atoms with Crippen molar-refractivity contribution in [3.05, 3.63) is 34.7 Å². The molecule has 6 nitrogen and oxygen atoms in total. The topological polar surface area (TPSA) is 73.0 Å². The molecule has 0 spiro atoms. The fourth-order valence-corrected chi connectivity index (χ4v) is 3.27. The summed E-state index contributed by atoms with van der Waals surface area (Å²) < 4.78 is 7.31. The van der Waals surface area contributed by atoms with Gasteiger partial charge in [0.05, 0.1) is 17.3 Å². The number of amides is 1. The van der Waals surface area contributed by atoms with Crippen molar-refractivity contribution in [1.29, 1.82) is 0 Å². The first kappa shape index (κ1) is 14.8. The van der Waals surface area contributed by atoms with E-state index in [1.807, 2.05) is 33.9 Å². The molecule has 0 fully saturated rings. The molecule has 0 saturated heterocycles. The molecule has 2 aromatic heterocycles. The quantitative estimate of drug-likeness (QED) is 0.941. The molecule has 1 aliphatic heterocycles. The van der Waals surface area contributed by atoms with Crippen LogP contribution in [0.3, 0.4) is 0 Å².